The zero-order valence-electron chi connectivity index (χ0n) is 9.29. The highest BCUT2D eigenvalue weighted by Gasteiger charge is 2.11. The molecule has 15 heavy (non-hydrogen) atoms. The molecule has 0 bridgehead atoms. The van der Waals surface area contributed by atoms with Gasteiger partial charge in [-0.3, -0.25) is 0 Å². The molecule has 2 rings (SSSR count). The Bertz CT molecular complexity index is 413. The largest absolute Gasteiger partial charge is 0.500 e. The van der Waals surface area contributed by atoms with Crippen molar-refractivity contribution >= 4 is 5.57 Å². The van der Waals surface area contributed by atoms with Crippen LogP contribution in [-0.2, 0) is 4.74 Å². The molecule has 1 aromatic rings. The van der Waals surface area contributed by atoms with Crippen LogP contribution in [0.2, 0.25) is 0 Å². The van der Waals surface area contributed by atoms with E-state index in [9.17, 15) is 0 Å². The van der Waals surface area contributed by atoms with E-state index >= 15 is 0 Å². The SMILES string of the molecule is COC1=C(c2ccccc2C)C=CCC1. The Labute approximate surface area is 91.1 Å². The molecule has 1 aliphatic rings. The van der Waals surface area contributed by atoms with Crippen molar-refractivity contribution in [3.05, 3.63) is 53.3 Å². The van der Waals surface area contributed by atoms with Gasteiger partial charge < -0.3 is 4.74 Å². The van der Waals surface area contributed by atoms with Crippen molar-refractivity contribution in [3.8, 4) is 0 Å². The van der Waals surface area contributed by atoms with Crippen molar-refractivity contribution < 1.29 is 4.74 Å². The van der Waals surface area contributed by atoms with E-state index in [1.165, 1.54) is 16.7 Å². The van der Waals surface area contributed by atoms with Crippen LogP contribution in [0.1, 0.15) is 24.0 Å². The maximum absolute atomic E-state index is 5.44. The highest BCUT2D eigenvalue weighted by molar-refractivity contribution is 5.78. The summed E-state index contributed by atoms with van der Waals surface area (Å²) in [7, 11) is 1.76. The highest BCUT2D eigenvalue weighted by Crippen LogP contribution is 2.29. The van der Waals surface area contributed by atoms with Crippen molar-refractivity contribution in [1.29, 1.82) is 0 Å². The van der Waals surface area contributed by atoms with Crippen LogP contribution in [0, 0.1) is 6.92 Å². The van der Waals surface area contributed by atoms with Crippen LogP contribution < -0.4 is 0 Å². The number of hydrogen-bond acceptors (Lipinski definition) is 1. The summed E-state index contributed by atoms with van der Waals surface area (Å²) < 4.78 is 5.44. The summed E-state index contributed by atoms with van der Waals surface area (Å²) in [4.78, 5) is 0. The Morgan fingerprint density at radius 3 is 2.73 bits per heavy atom. The normalized spacial score (nSPS) is 15.6. The monoisotopic (exact) mass is 200 g/mol. The van der Waals surface area contributed by atoms with E-state index in [1.807, 2.05) is 0 Å². The molecular formula is C14H16O. The van der Waals surface area contributed by atoms with E-state index in [0.29, 0.717) is 0 Å². The molecule has 1 heteroatoms. The molecule has 0 amide bonds. The highest BCUT2D eigenvalue weighted by atomic mass is 16.5. The summed E-state index contributed by atoms with van der Waals surface area (Å²) in [5.74, 6) is 1.10. The fraction of sp³-hybridized carbons (Fsp3) is 0.286. The first-order chi connectivity index (χ1) is 7.33. The second-order valence-corrected chi connectivity index (χ2v) is 3.80. The van der Waals surface area contributed by atoms with Gasteiger partial charge in [-0.1, -0.05) is 36.4 Å². The molecule has 1 aromatic carbocycles. The minimum Gasteiger partial charge on any atom is -0.500 e. The Balaban J connectivity index is 2.49. The zero-order valence-corrected chi connectivity index (χ0v) is 9.29. The minimum absolute atomic E-state index is 1.01. The average molecular weight is 200 g/mol. The van der Waals surface area contributed by atoms with Gasteiger partial charge in [-0.15, -0.1) is 0 Å². The van der Waals surface area contributed by atoms with Crippen molar-refractivity contribution in [1.82, 2.24) is 0 Å². The Hall–Kier alpha value is -1.50. The van der Waals surface area contributed by atoms with Crippen molar-refractivity contribution in [2.45, 2.75) is 19.8 Å². The summed E-state index contributed by atoms with van der Waals surface area (Å²) in [5, 5.41) is 0. The molecule has 0 saturated heterocycles. The second-order valence-electron chi connectivity index (χ2n) is 3.80. The Morgan fingerprint density at radius 1 is 1.20 bits per heavy atom. The first kappa shape index (κ1) is 10.0. The number of ether oxygens (including phenoxy) is 1. The number of aryl methyl sites for hydroxylation is 1. The van der Waals surface area contributed by atoms with Crippen molar-refractivity contribution in [2.24, 2.45) is 0 Å². The molecule has 0 heterocycles. The third kappa shape index (κ3) is 1.96. The molecule has 0 aliphatic heterocycles. The van der Waals surface area contributed by atoms with Crippen molar-refractivity contribution in [2.75, 3.05) is 7.11 Å². The van der Waals surface area contributed by atoms with Crippen LogP contribution in [0.25, 0.3) is 5.57 Å². The molecule has 0 fully saturated rings. The first-order valence-corrected chi connectivity index (χ1v) is 5.32. The molecule has 0 spiro atoms. The van der Waals surface area contributed by atoms with E-state index in [0.717, 1.165) is 18.6 Å². The third-order valence-electron chi connectivity index (χ3n) is 2.80. The lowest BCUT2D eigenvalue weighted by Gasteiger charge is -2.16. The quantitative estimate of drug-likeness (QED) is 0.707. The van der Waals surface area contributed by atoms with Crippen molar-refractivity contribution in [3.63, 3.8) is 0 Å². The van der Waals surface area contributed by atoms with Gasteiger partial charge in [0.25, 0.3) is 0 Å². The molecule has 78 valence electrons. The summed E-state index contributed by atoms with van der Waals surface area (Å²) in [6, 6.07) is 8.43. The molecular weight excluding hydrogens is 184 g/mol. The van der Waals surface area contributed by atoms with Crippen LogP contribution in [0.3, 0.4) is 0 Å². The second kappa shape index (κ2) is 4.35. The number of allylic oxidation sites excluding steroid dienone is 4. The summed E-state index contributed by atoms with van der Waals surface area (Å²) in [6.07, 6.45) is 6.48. The van der Waals surface area contributed by atoms with Gasteiger partial charge in [-0.2, -0.15) is 0 Å². The van der Waals surface area contributed by atoms with E-state index in [2.05, 4.69) is 43.3 Å². The Morgan fingerprint density at radius 2 is 2.00 bits per heavy atom. The predicted octanol–water partition coefficient (Wildman–Crippen LogP) is 3.70. The van der Waals surface area contributed by atoms with Gasteiger partial charge in [0, 0.05) is 12.0 Å². The molecule has 0 aromatic heterocycles. The number of methoxy groups -OCH3 is 1. The lowest BCUT2D eigenvalue weighted by Crippen LogP contribution is -1.98. The molecule has 1 nitrogen and oxygen atoms in total. The maximum atomic E-state index is 5.44. The van der Waals surface area contributed by atoms with E-state index in [1.54, 1.807) is 7.11 Å². The van der Waals surface area contributed by atoms with Gasteiger partial charge in [0.05, 0.1) is 7.11 Å². The summed E-state index contributed by atoms with van der Waals surface area (Å²) in [6.45, 7) is 2.14. The van der Waals surface area contributed by atoms with Crippen LogP contribution in [0.5, 0.6) is 0 Å². The number of benzene rings is 1. The number of rotatable bonds is 2. The van der Waals surface area contributed by atoms with Crippen LogP contribution >= 0.6 is 0 Å². The van der Waals surface area contributed by atoms with Gasteiger partial charge in [-0.05, 0) is 24.5 Å². The fourth-order valence-corrected chi connectivity index (χ4v) is 1.97. The van der Waals surface area contributed by atoms with E-state index < -0.39 is 0 Å². The van der Waals surface area contributed by atoms with Crippen LogP contribution in [0.15, 0.2) is 42.2 Å². The molecule has 0 unspecified atom stereocenters. The van der Waals surface area contributed by atoms with E-state index in [4.69, 9.17) is 4.74 Å². The van der Waals surface area contributed by atoms with Gasteiger partial charge in [0.15, 0.2) is 0 Å². The Kier molecular flexibility index (Phi) is 2.91. The van der Waals surface area contributed by atoms with Gasteiger partial charge in [0.2, 0.25) is 0 Å². The molecule has 1 aliphatic carbocycles. The first-order valence-electron chi connectivity index (χ1n) is 5.32. The average Bonchev–Trinajstić information content (AvgIpc) is 2.30. The number of hydrogen-bond donors (Lipinski definition) is 0. The minimum atomic E-state index is 1.01. The van der Waals surface area contributed by atoms with Gasteiger partial charge >= 0.3 is 0 Å². The fourth-order valence-electron chi connectivity index (χ4n) is 1.97. The zero-order chi connectivity index (χ0) is 10.7. The van der Waals surface area contributed by atoms with Gasteiger partial charge in [-0.25, -0.2) is 0 Å². The molecule has 0 radical (unpaired) electrons. The predicted molar refractivity (Wildman–Crippen MR) is 63.5 cm³/mol. The lowest BCUT2D eigenvalue weighted by atomic mass is 9.95. The topological polar surface area (TPSA) is 9.23 Å². The maximum Gasteiger partial charge on any atom is 0.104 e. The smallest absolute Gasteiger partial charge is 0.104 e. The van der Waals surface area contributed by atoms with Crippen LogP contribution in [-0.4, -0.2) is 7.11 Å². The summed E-state index contributed by atoms with van der Waals surface area (Å²) in [5.41, 5.74) is 3.82. The molecule has 0 saturated carbocycles. The molecule has 0 N–H and O–H groups in total. The van der Waals surface area contributed by atoms with Crippen LogP contribution in [0.4, 0.5) is 0 Å². The third-order valence-corrected chi connectivity index (χ3v) is 2.80. The standard InChI is InChI=1S/C14H16O/c1-11-7-3-4-8-12(11)13-9-5-6-10-14(13)15-2/h3-5,7-9H,6,10H2,1-2H3. The summed E-state index contributed by atoms with van der Waals surface area (Å²) >= 11 is 0. The lowest BCUT2D eigenvalue weighted by molar-refractivity contribution is 0.279. The molecule has 0 atom stereocenters. The van der Waals surface area contributed by atoms with Gasteiger partial charge in [0.1, 0.15) is 5.76 Å². The van der Waals surface area contributed by atoms with E-state index in [-0.39, 0.29) is 0 Å².